The zero-order valence-corrected chi connectivity index (χ0v) is 11.8. The molecule has 0 aromatic rings. The van der Waals surface area contributed by atoms with E-state index in [1.165, 1.54) is 12.0 Å². The molecule has 0 saturated carbocycles. The SMILES string of the molecule is COC[C@H]1CO[C@@H](C(O)O)CN1C(=O)OC(C)(C)C. The van der Waals surface area contributed by atoms with Gasteiger partial charge in [0.2, 0.25) is 0 Å². The molecule has 1 amide bonds. The minimum atomic E-state index is -1.63. The standard InChI is InChI=1S/C12H23NO6/c1-12(2,3)19-11(16)13-5-9(10(14)15)18-7-8(13)6-17-4/h8-10,14-15H,5-7H2,1-4H3/t8-,9+/m0/s1. The number of hydrogen-bond donors (Lipinski definition) is 2. The number of methoxy groups -OCH3 is 1. The van der Waals surface area contributed by atoms with Crippen molar-refractivity contribution in [1.29, 1.82) is 0 Å². The summed E-state index contributed by atoms with van der Waals surface area (Å²) >= 11 is 0. The van der Waals surface area contributed by atoms with E-state index in [9.17, 15) is 4.79 Å². The smallest absolute Gasteiger partial charge is 0.410 e. The molecule has 1 saturated heterocycles. The fourth-order valence-electron chi connectivity index (χ4n) is 1.78. The van der Waals surface area contributed by atoms with Crippen molar-refractivity contribution in [2.24, 2.45) is 0 Å². The average molecular weight is 277 g/mol. The van der Waals surface area contributed by atoms with Gasteiger partial charge in [0.1, 0.15) is 11.7 Å². The van der Waals surface area contributed by atoms with Crippen LogP contribution in [0.5, 0.6) is 0 Å². The highest BCUT2D eigenvalue weighted by Crippen LogP contribution is 2.18. The zero-order valence-electron chi connectivity index (χ0n) is 11.8. The molecule has 0 aromatic heterocycles. The van der Waals surface area contributed by atoms with E-state index in [1.54, 1.807) is 20.8 Å². The molecule has 2 N–H and O–H groups in total. The van der Waals surface area contributed by atoms with Crippen molar-refractivity contribution < 1.29 is 29.2 Å². The van der Waals surface area contributed by atoms with Crippen molar-refractivity contribution in [2.75, 3.05) is 26.9 Å². The zero-order chi connectivity index (χ0) is 14.6. The number of aliphatic hydroxyl groups is 2. The Kier molecular flexibility index (Phi) is 5.54. The fourth-order valence-corrected chi connectivity index (χ4v) is 1.78. The third kappa shape index (κ3) is 4.94. The van der Waals surface area contributed by atoms with Crippen LogP contribution < -0.4 is 0 Å². The summed E-state index contributed by atoms with van der Waals surface area (Å²) in [4.78, 5) is 13.5. The van der Waals surface area contributed by atoms with Crippen LogP contribution in [0.15, 0.2) is 0 Å². The van der Waals surface area contributed by atoms with E-state index in [0.29, 0.717) is 6.61 Å². The van der Waals surface area contributed by atoms with Gasteiger partial charge in [-0.3, -0.25) is 4.90 Å². The molecule has 0 aromatic carbocycles. The Labute approximate surface area is 113 Å². The maximum atomic E-state index is 12.1. The first-order valence-corrected chi connectivity index (χ1v) is 6.21. The predicted octanol–water partition coefficient (Wildman–Crippen LogP) is -0.0520. The molecule has 0 radical (unpaired) electrons. The van der Waals surface area contributed by atoms with Crippen molar-refractivity contribution in [2.45, 2.75) is 44.8 Å². The van der Waals surface area contributed by atoms with Gasteiger partial charge < -0.3 is 24.4 Å². The van der Waals surface area contributed by atoms with E-state index < -0.39 is 24.1 Å². The van der Waals surface area contributed by atoms with Crippen molar-refractivity contribution >= 4 is 6.09 Å². The third-order valence-corrected chi connectivity index (χ3v) is 2.64. The molecular formula is C12H23NO6. The number of nitrogens with zero attached hydrogens (tertiary/aromatic N) is 1. The van der Waals surface area contributed by atoms with Gasteiger partial charge >= 0.3 is 6.09 Å². The number of rotatable bonds is 3. The van der Waals surface area contributed by atoms with Crippen LogP contribution in [0.4, 0.5) is 4.79 Å². The summed E-state index contributed by atoms with van der Waals surface area (Å²) in [6.45, 7) is 5.85. The first kappa shape index (κ1) is 16.2. The molecule has 19 heavy (non-hydrogen) atoms. The summed E-state index contributed by atoms with van der Waals surface area (Å²) in [5, 5.41) is 18.3. The highest BCUT2D eigenvalue weighted by molar-refractivity contribution is 5.68. The second kappa shape index (κ2) is 6.51. The molecule has 1 aliphatic heterocycles. The summed E-state index contributed by atoms with van der Waals surface area (Å²) < 4.78 is 15.6. The highest BCUT2D eigenvalue weighted by Gasteiger charge is 2.37. The van der Waals surface area contributed by atoms with Crippen molar-refractivity contribution in [3.05, 3.63) is 0 Å². The van der Waals surface area contributed by atoms with Gasteiger partial charge in [-0.05, 0) is 20.8 Å². The largest absolute Gasteiger partial charge is 0.444 e. The second-order valence-corrected chi connectivity index (χ2v) is 5.53. The Hall–Kier alpha value is -0.890. The van der Waals surface area contributed by atoms with Crippen molar-refractivity contribution in [1.82, 2.24) is 4.90 Å². The number of amides is 1. The van der Waals surface area contributed by atoms with Gasteiger partial charge in [0.25, 0.3) is 0 Å². The molecule has 0 bridgehead atoms. The number of aliphatic hydroxyl groups excluding tert-OH is 1. The first-order valence-electron chi connectivity index (χ1n) is 6.21. The molecule has 1 rings (SSSR count). The topological polar surface area (TPSA) is 88.5 Å². The van der Waals surface area contributed by atoms with Gasteiger partial charge in [0.15, 0.2) is 6.29 Å². The summed E-state index contributed by atoms with van der Waals surface area (Å²) in [5.41, 5.74) is -0.611. The summed E-state index contributed by atoms with van der Waals surface area (Å²) in [5.74, 6) is 0. The Morgan fingerprint density at radius 1 is 1.47 bits per heavy atom. The van der Waals surface area contributed by atoms with Gasteiger partial charge in [-0.1, -0.05) is 0 Å². The number of carbonyl (C=O) groups excluding carboxylic acids is 1. The Balaban J connectivity index is 2.73. The molecule has 0 aliphatic carbocycles. The van der Waals surface area contributed by atoms with E-state index in [1.807, 2.05) is 0 Å². The van der Waals surface area contributed by atoms with Gasteiger partial charge in [-0.25, -0.2) is 4.79 Å². The van der Waals surface area contributed by atoms with E-state index in [2.05, 4.69) is 0 Å². The summed E-state index contributed by atoms with van der Waals surface area (Å²) in [6, 6.07) is -0.296. The van der Waals surface area contributed by atoms with E-state index in [-0.39, 0.29) is 19.2 Å². The Bertz CT molecular complexity index is 301. The molecule has 0 spiro atoms. The summed E-state index contributed by atoms with van der Waals surface area (Å²) in [7, 11) is 1.53. The van der Waals surface area contributed by atoms with Crippen molar-refractivity contribution in [3.63, 3.8) is 0 Å². The second-order valence-electron chi connectivity index (χ2n) is 5.53. The molecule has 1 fully saturated rings. The lowest BCUT2D eigenvalue weighted by molar-refractivity contribution is -0.182. The van der Waals surface area contributed by atoms with E-state index in [4.69, 9.17) is 24.4 Å². The van der Waals surface area contributed by atoms with Gasteiger partial charge in [0, 0.05) is 7.11 Å². The monoisotopic (exact) mass is 277 g/mol. The lowest BCUT2D eigenvalue weighted by Gasteiger charge is -2.40. The molecular weight excluding hydrogens is 254 g/mol. The number of ether oxygens (including phenoxy) is 3. The third-order valence-electron chi connectivity index (χ3n) is 2.64. The van der Waals surface area contributed by atoms with E-state index in [0.717, 1.165) is 0 Å². The molecule has 112 valence electrons. The number of morpholine rings is 1. The molecule has 0 unspecified atom stereocenters. The first-order chi connectivity index (χ1) is 8.74. The quantitative estimate of drug-likeness (QED) is 0.703. The average Bonchev–Trinajstić information content (AvgIpc) is 2.27. The van der Waals surface area contributed by atoms with Crippen LogP contribution in [0.2, 0.25) is 0 Å². The maximum absolute atomic E-state index is 12.1. The predicted molar refractivity (Wildman–Crippen MR) is 66.6 cm³/mol. The lowest BCUT2D eigenvalue weighted by Crippen LogP contribution is -2.57. The molecule has 7 nitrogen and oxygen atoms in total. The van der Waals surface area contributed by atoms with Crippen LogP contribution in [-0.4, -0.2) is 72.1 Å². The fraction of sp³-hybridized carbons (Fsp3) is 0.917. The number of carbonyl (C=O) groups is 1. The maximum Gasteiger partial charge on any atom is 0.410 e. The Morgan fingerprint density at radius 3 is 2.58 bits per heavy atom. The minimum absolute atomic E-state index is 0.0562. The Morgan fingerprint density at radius 2 is 2.11 bits per heavy atom. The van der Waals surface area contributed by atoms with Crippen LogP contribution in [0.3, 0.4) is 0 Å². The van der Waals surface area contributed by atoms with E-state index >= 15 is 0 Å². The molecule has 1 heterocycles. The minimum Gasteiger partial charge on any atom is -0.444 e. The van der Waals surface area contributed by atoms with Crippen LogP contribution in [0.25, 0.3) is 0 Å². The number of hydrogen-bond acceptors (Lipinski definition) is 6. The molecule has 2 atom stereocenters. The van der Waals surface area contributed by atoms with Crippen molar-refractivity contribution in [3.8, 4) is 0 Å². The van der Waals surface area contributed by atoms with Gasteiger partial charge in [0.05, 0.1) is 25.8 Å². The summed E-state index contributed by atoms with van der Waals surface area (Å²) in [6.07, 6.45) is -2.97. The van der Waals surface area contributed by atoms with Gasteiger partial charge in [-0.2, -0.15) is 0 Å². The van der Waals surface area contributed by atoms with Gasteiger partial charge in [-0.15, -0.1) is 0 Å². The lowest BCUT2D eigenvalue weighted by atomic mass is 10.2. The van der Waals surface area contributed by atoms with Crippen LogP contribution in [0, 0.1) is 0 Å². The van der Waals surface area contributed by atoms with Crippen LogP contribution >= 0.6 is 0 Å². The molecule has 1 aliphatic rings. The highest BCUT2D eigenvalue weighted by atomic mass is 16.6. The normalized spacial score (nSPS) is 24.7. The van der Waals surface area contributed by atoms with Crippen LogP contribution in [-0.2, 0) is 14.2 Å². The molecule has 7 heteroatoms. The van der Waals surface area contributed by atoms with Crippen LogP contribution in [0.1, 0.15) is 20.8 Å².